The molecule has 2 saturated heterocycles. The number of amidine groups is 1. The molecule has 16 heteroatoms. The van der Waals surface area contributed by atoms with Crippen LogP contribution in [0.1, 0.15) is 23.2 Å². The number of amides is 2. The van der Waals surface area contributed by atoms with E-state index in [4.69, 9.17) is 14.9 Å². The maximum absolute atomic E-state index is 13.6. The summed E-state index contributed by atoms with van der Waals surface area (Å²) in [7, 11) is 0. The fourth-order valence-corrected chi connectivity index (χ4v) is 5.48. The fourth-order valence-electron chi connectivity index (χ4n) is 4.45. The number of nitrogens with zero attached hydrogens (tertiary/aromatic N) is 5. The molecule has 0 unspecified atom stereocenters. The van der Waals surface area contributed by atoms with Gasteiger partial charge in [0.25, 0.3) is 5.91 Å². The molecule has 2 aliphatic heterocycles. The molecule has 1 saturated carbocycles. The van der Waals surface area contributed by atoms with E-state index in [1.54, 1.807) is 0 Å². The van der Waals surface area contributed by atoms with Crippen molar-refractivity contribution in [3.05, 3.63) is 23.8 Å². The van der Waals surface area contributed by atoms with E-state index >= 15 is 0 Å². The van der Waals surface area contributed by atoms with Crippen LogP contribution in [-0.2, 0) is 9.53 Å². The van der Waals surface area contributed by atoms with Crippen molar-refractivity contribution in [2.24, 2.45) is 5.92 Å². The summed E-state index contributed by atoms with van der Waals surface area (Å²) in [4.78, 5) is 31.7. The number of carbonyl (C=O) groups is 2. The maximum Gasteiger partial charge on any atom is 0.451 e. The average Bonchev–Trinajstić information content (AvgIpc) is 3.67. The Labute approximate surface area is 247 Å². The van der Waals surface area contributed by atoms with E-state index in [0.717, 1.165) is 54.4 Å². The zero-order valence-corrected chi connectivity index (χ0v) is 24.5. The topological polar surface area (TPSA) is 136 Å². The molecule has 2 amide bonds. The molecule has 2 aromatic rings. The van der Waals surface area contributed by atoms with Crippen molar-refractivity contribution >= 4 is 67.5 Å². The van der Waals surface area contributed by atoms with Crippen molar-refractivity contribution in [3.63, 3.8) is 0 Å². The van der Waals surface area contributed by atoms with E-state index in [-0.39, 0.29) is 28.7 Å². The lowest BCUT2D eigenvalue weighted by atomic mass is 10.1. The molecule has 1 aromatic heterocycles. The van der Waals surface area contributed by atoms with E-state index in [0.29, 0.717) is 50.4 Å². The molecule has 5 rings (SSSR count). The Balaban J connectivity index is 1.22. The molecule has 3 fully saturated rings. The second-order valence-corrected chi connectivity index (χ2v) is 11.9. The first-order valence-electron chi connectivity index (χ1n) is 12.9. The smallest absolute Gasteiger partial charge is 0.423 e. The number of nitrogens with one attached hydrogen (secondary N) is 3. The molecule has 0 radical (unpaired) electrons. The number of aromatic nitrogens is 2. The summed E-state index contributed by atoms with van der Waals surface area (Å²) in [5, 5.41) is 22.8. The normalized spacial score (nSPS) is 18.4. The van der Waals surface area contributed by atoms with Crippen LogP contribution in [0.2, 0.25) is 0 Å². The number of alkyl halides is 3. The number of anilines is 3. The van der Waals surface area contributed by atoms with Crippen molar-refractivity contribution in [3.8, 4) is 5.75 Å². The van der Waals surface area contributed by atoms with E-state index in [1.165, 1.54) is 29.5 Å². The molecule has 1 aromatic carbocycles. The van der Waals surface area contributed by atoms with Crippen molar-refractivity contribution in [1.82, 2.24) is 20.0 Å². The van der Waals surface area contributed by atoms with Gasteiger partial charge in [-0.2, -0.15) is 8.78 Å². The van der Waals surface area contributed by atoms with Gasteiger partial charge >= 0.3 is 4.12 Å². The zero-order valence-electron chi connectivity index (χ0n) is 21.5. The van der Waals surface area contributed by atoms with Gasteiger partial charge in [0, 0.05) is 50.7 Å². The molecule has 0 bridgehead atoms. The predicted molar refractivity (Wildman–Crippen MR) is 154 cm³/mol. The summed E-state index contributed by atoms with van der Waals surface area (Å²) in [5.74, 6) is -0.102. The second-order valence-electron chi connectivity index (χ2n) is 9.67. The number of ether oxygens (including phenoxy) is 2. The SMILES string of the molecule is N=C(C1CC1)N1CCN(c2nnc(NC(=O)c3ccc(OC(F)(F)I)c(NC(=O)CN4CCOCC4)c3)s2)CC1. The van der Waals surface area contributed by atoms with Gasteiger partial charge < -0.3 is 24.6 Å². The molecule has 3 aliphatic rings. The van der Waals surface area contributed by atoms with Gasteiger partial charge in [0.05, 0.1) is 53.9 Å². The molecular formula is C24H29F2IN8O4S. The van der Waals surface area contributed by atoms with Gasteiger partial charge in [-0.25, -0.2) is 0 Å². The molecule has 40 heavy (non-hydrogen) atoms. The van der Waals surface area contributed by atoms with Gasteiger partial charge in [0.1, 0.15) is 0 Å². The summed E-state index contributed by atoms with van der Waals surface area (Å²) in [6, 6.07) is 3.84. The minimum Gasteiger partial charge on any atom is -0.423 e. The number of carbonyl (C=O) groups excluding carboxylic acids is 2. The van der Waals surface area contributed by atoms with E-state index in [1.807, 2.05) is 4.90 Å². The lowest BCUT2D eigenvalue weighted by Gasteiger charge is -2.35. The minimum atomic E-state index is -3.52. The Morgan fingerprint density at radius 1 is 1.12 bits per heavy atom. The summed E-state index contributed by atoms with van der Waals surface area (Å²) in [5.41, 5.74) is 0.0737. The summed E-state index contributed by atoms with van der Waals surface area (Å²) >= 11 is 2.07. The molecule has 12 nitrogen and oxygen atoms in total. The molecular weight excluding hydrogens is 661 g/mol. The van der Waals surface area contributed by atoms with Gasteiger partial charge in [-0.15, -0.1) is 10.2 Å². The number of halogens is 3. The van der Waals surface area contributed by atoms with Crippen LogP contribution in [0.5, 0.6) is 5.75 Å². The first kappa shape index (κ1) is 28.8. The fraction of sp³-hybridized carbons (Fsp3) is 0.542. The summed E-state index contributed by atoms with van der Waals surface area (Å²) < 4.78 is 33.7. The van der Waals surface area contributed by atoms with E-state index in [2.05, 4.69) is 30.6 Å². The molecule has 3 N–H and O–H groups in total. The largest absolute Gasteiger partial charge is 0.451 e. The molecule has 216 valence electrons. The third-order valence-electron chi connectivity index (χ3n) is 6.70. The predicted octanol–water partition coefficient (Wildman–Crippen LogP) is 2.93. The minimum absolute atomic E-state index is 0.0450. The quantitative estimate of drug-likeness (QED) is 0.157. The van der Waals surface area contributed by atoms with Gasteiger partial charge in [0.2, 0.25) is 16.2 Å². The van der Waals surface area contributed by atoms with E-state index < -0.39 is 15.9 Å². The molecule has 1 aliphatic carbocycles. The summed E-state index contributed by atoms with van der Waals surface area (Å²) in [6.07, 6.45) is 2.20. The lowest BCUT2D eigenvalue weighted by Crippen LogP contribution is -2.49. The Hall–Kier alpha value is -2.70. The standard InChI is InChI=1S/C24H29F2IN8O4S/c25-24(26,27)39-18-4-3-16(13-17(18)29-19(36)14-33-9-11-38-12-10-33)21(37)30-22-31-32-23(40-22)35-7-5-34(6-8-35)20(28)15-1-2-15/h3-4,13,15,28H,1-2,5-12,14H2,(H,29,36)(H,30,31,37). The number of benzene rings is 1. The third kappa shape index (κ3) is 7.73. The van der Waals surface area contributed by atoms with Gasteiger partial charge in [-0.1, -0.05) is 11.3 Å². The van der Waals surface area contributed by atoms with Crippen LogP contribution in [0, 0.1) is 11.3 Å². The lowest BCUT2D eigenvalue weighted by molar-refractivity contribution is -0.118. The Kier molecular flexibility index (Phi) is 8.96. The number of hydrogen-bond donors (Lipinski definition) is 3. The first-order valence-corrected chi connectivity index (χ1v) is 14.8. The maximum atomic E-state index is 13.6. The monoisotopic (exact) mass is 690 g/mol. The molecule has 0 spiro atoms. The molecule has 0 atom stereocenters. The summed E-state index contributed by atoms with van der Waals surface area (Å²) in [6.45, 7) is 5.10. The Morgan fingerprint density at radius 3 is 2.52 bits per heavy atom. The van der Waals surface area contributed by atoms with Crippen molar-refractivity contribution in [2.45, 2.75) is 17.0 Å². The van der Waals surface area contributed by atoms with Gasteiger partial charge in [0.15, 0.2) is 5.75 Å². The van der Waals surface area contributed by atoms with Gasteiger partial charge in [-0.05, 0) is 31.0 Å². The second kappa shape index (κ2) is 12.4. The number of hydrogen-bond acceptors (Lipinski definition) is 10. The highest BCUT2D eigenvalue weighted by Gasteiger charge is 2.32. The van der Waals surface area contributed by atoms with Crippen LogP contribution in [-0.4, -0.2) is 101 Å². The van der Waals surface area contributed by atoms with Crippen LogP contribution >= 0.6 is 33.9 Å². The Bertz CT molecular complexity index is 1240. The first-order chi connectivity index (χ1) is 19.1. The van der Waals surface area contributed by atoms with Crippen molar-refractivity contribution in [2.75, 3.05) is 74.6 Å². The van der Waals surface area contributed by atoms with Crippen LogP contribution < -0.4 is 20.3 Å². The Morgan fingerprint density at radius 2 is 1.85 bits per heavy atom. The third-order valence-corrected chi connectivity index (χ3v) is 7.82. The number of rotatable bonds is 9. The van der Waals surface area contributed by atoms with Crippen LogP contribution in [0.25, 0.3) is 0 Å². The van der Waals surface area contributed by atoms with Crippen molar-refractivity contribution < 1.29 is 27.8 Å². The van der Waals surface area contributed by atoms with Crippen LogP contribution in [0.4, 0.5) is 24.7 Å². The van der Waals surface area contributed by atoms with Gasteiger partial charge in [-0.3, -0.25) is 25.2 Å². The average molecular weight is 691 g/mol. The highest BCUT2D eigenvalue weighted by Crippen LogP contribution is 2.35. The highest BCUT2D eigenvalue weighted by molar-refractivity contribution is 14.1. The van der Waals surface area contributed by atoms with Crippen LogP contribution in [0.3, 0.4) is 0 Å². The van der Waals surface area contributed by atoms with Crippen LogP contribution in [0.15, 0.2) is 18.2 Å². The molecule has 3 heterocycles. The zero-order chi connectivity index (χ0) is 28.3. The highest BCUT2D eigenvalue weighted by atomic mass is 127. The van der Waals surface area contributed by atoms with Crippen molar-refractivity contribution in [1.29, 1.82) is 5.41 Å². The number of piperazine rings is 1. The number of morpholine rings is 1. The van der Waals surface area contributed by atoms with E-state index in [9.17, 15) is 18.4 Å².